The van der Waals surface area contributed by atoms with Crippen LogP contribution in [-0.2, 0) is 11.2 Å². The van der Waals surface area contributed by atoms with Gasteiger partial charge in [-0.3, -0.25) is 4.79 Å². The third-order valence-corrected chi connectivity index (χ3v) is 3.96. The summed E-state index contributed by atoms with van der Waals surface area (Å²) in [5.74, 6) is 2.02. The van der Waals surface area contributed by atoms with Crippen molar-refractivity contribution in [2.24, 2.45) is 0 Å². The van der Waals surface area contributed by atoms with E-state index in [9.17, 15) is 4.79 Å². The minimum absolute atomic E-state index is 0.0515. The summed E-state index contributed by atoms with van der Waals surface area (Å²) in [6.07, 6.45) is 0.193. The molecule has 0 aliphatic heterocycles. The first-order valence-corrected chi connectivity index (χ1v) is 8.22. The summed E-state index contributed by atoms with van der Waals surface area (Å²) >= 11 is 0. The molecule has 5 heteroatoms. The van der Waals surface area contributed by atoms with Crippen LogP contribution in [0, 0.1) is 0 Å². The zero-order valence-electron chi connectivity index (χ0n) is 15.2. The van der Waals surface area contributed by atoms with Gasteiger partial charge in [-0.15, -0.1) is 0 Å². The summed E-state index contributed by atoms with van der Waals surface area (Å²) in [7, 11) is 5.01. The Kier molecular flexibility index (Phi) is 6.69. The van der Waals surface area contributed by atoms with E-state index in [1.165, 1.54) is 0 Å². The molecule has 0 radical (unpaired) electrons. The van der Waals surface area contributed by atoms with Crippen molar-refractivity contribution in [1.29, 1.82) is 0 Å². The number of carbonyl (C=O) groups excluding carboxylic acids is 1. The molecule has 1 atom stereocenters. The molecular weight excluding hydrogens is 318 g/mol. The lowest BCUT2D eigenvalue weighted by Crippen LogP contribution is -2.39. The summed E-state index contributed by atoms with van der Waals surface area (Å²) < 4.78 is 16.2. The number of amides is 1. The fraction of sp³-hybridized carbons (Fsp3) is 0.350. The van der Waals surface area contributed by atoms with Crippen molar-refractivity contribution in [2.45, 2.75) is 19.4 Å². The van der Waals surface area contributed by atoms with Crippen molar-refractivity contribution in [3.8, 4) is 17.2 Å². The van der Waals surface area contributed by atoms with Crippen LogP contribution in [0.3, 0.4) is 0 Å². The molecule has 0 spiro atoms. The van der Waals surface area contributed by atoms with Crippen LogP contribution in [0.2, 0.25) is 0 Å². The molecule has 0 saturated heterocycles. The summed E-state index contributed by atoms with van der Waals surface area (Å²) in [5, 5.41) is 0. The topological polar surface area (TPSA) is 48.0 Å². The number of hydrogen-bond acceptors (Lipinski definition) is 4. The molecule has 5 nitrogen and oxygen atoms in total. The summed E-state index contributed by atoms with van der Waals surface area (Å²) in [6, 6.07) is 15.1. The van der Waals surface area contributed by atoms with Crippen molar-refractivity contribution < 1.29 is 19.0 Å². The maximum Gasteiger partial charge on any atom is 0.263 e. The SMILES string of the molecule is COc1ccc(CCN(C)C(=O)C(C)Oc2ccccc2)cc1OC. The molecule has 2 rings (SSSR count). The summed E-state index contributed by atoms with van der Waals surface area (Å²) in [4.78, 5) is 14.1. The second-order valence-electron chi connectivity index (χ2n) is 5.77. The molecule has 25 heavy (non-hydrogen) atoms. The van der Waals surface area contributed by atoms with Crippen LogP contribution in [0.5, 0.6) is 17.2 Å². The highest BCUT2D eigenvalue weighted by molar-refractivity contribution is 5.80. The van der Waals surface area contributed by atoms with E-state index in [0.29, 0.717) is 23.8 Å². The van der Waals surface area contributed by atoms with Gasteiger partial charge in [0.25, 0.3) is 5.91 Å². The molecule has 0 saturated carbocycles. The van der Waals surface area contributed by atoms with Gasteiger partial charge in [-0.2, -0.15) is 0 Å². The molecule has 0 fully saturated rings. The standard InChI is InChI=1S/C20H25NO4/c1-15(25-17-8-6-5-7-9-17)20(22)21(2)13-12-16-10-11-18(23-3)19(14-16)24-4/h5-11,14-15H,12-13H2,1-4H3. The molecule has 0 N–H and O–H groups in total. The lowest BCUT2D eigenvalue weighted by Gasteiger charge is -2.22. The van der Waals surface area contributed by atoms with E-state index in [1.54, 1.807) is 33.1 Å². The van der Waals surface area contributed by atoms with Gasteiger partial charge in [-0.25, -0.2) is 0 Å². The predicted octanol–water partition coefficient (Wildman–Crippen LogP) is 3.17. The van der Waals surface area contributed by atoms with Crippen LogP contribution in [0.25, 0.3) is 0 Å². The number of methoxy groups -OCH3 is 2. The van der Waals surface area contributed by atoms with E-state index in [4.69, 9.17) is 14.2 Å². The van der Waals surface area contributed by atoms with Crippen LogP contribution in [-0.4, -0.2) is 44.7 Å². The van der Waals surface area contributed by atoms with Gasteiger partial charge in [0.1, 0.15) is 5.75 Å². The van der Waals surface area contributed by atoms with Crippen LogP contribution in [0.4, 0.5) is 0 Å². The van der Waals surface area contributed by atoms with E-state index in [2.05, 4.69) is 0 Å². The zero-order chi connectivity index (χ0) is 18.2. The summed E-state index contributed by atoms with van der Waals surface area (Å²) in [5.41, 5.74) is 1.08. The van der Waals surface area contributed by atoms with Gasteiger partial charge < -0.3 is 19.1 Å². The third kappa shape index (κ3) is 5.14. The molecule has 1 unspecified atom stereocenters. The zero-order valence-corrected chi connectivity index (χ0v) is 15.2. The Bertz CT molecular complexity index is 687. The maximum absolute atomic E-state index is 12.4. The van der Waals surface area contributed by atoms with Crippen LogP contribution < -0.4 is 14.2 Å². The summed E-state index contributed by atoms with van der Waals surface area (Å²) in [6.45, 7) is 2.36. The fourth-order valence-electron chi connectivity index (χ4n) is 2.51. The van der Waals surface area contributed by atoms with E-state index in [-0.39, 0.29) is 5.91 Å². The number of likely N-dealkylation sites (N-methyl/N-ethyl adjacent to an activating group) is 1. The molecule has 134 valence electrons. The van der Waals surface area contributed by atoms with E-state index < -0.39 is 6.10 Å². The largest absolute Gasteiger partial charge is 0.493 e. The van der Waals surface area contributed by atoms with E-state index in [0.717, 1.165) is 12.0 Å². The fourth-order valence-corrected chi connectivity index (χ4v) is 2.51. The van der Waals surface area contributed by atoms with Crippen molar-refractivity contribution in [1.82, 2.24) is 4.90 Å². The van der Waals surface area contributed by atoms with E-state index in [1.807, 2.05) is 48.5 Å². The molecular formula is C20H25NO4. The molecule has 2 aromatic carbocycles. The molecule has 1 amide bonds. The molecule has 0 aliphatic carbocycles. The number of carbonyl (C=O) groups is 1. The van der Waals surface area contributed by atoms with Gasteiger partial charge in [-0.1, -0.05) is 24.3 Å². The highest BCUT2D eigenvalue weighted by Gasteiger charge is 2.19. The monoisotopic (exact) mass is 343 g/mol. The number of rotatable bonds is 8. The van der Waals surface area contributed by atoms with Gasteiger partial charge in [0.05, 0.1) is 14.2 Å². The predicted molar refractivity (Wildman–Crippen MR) is 97.4 cm³/mol. The number of para-hydroxylation sites is 1. The Labute approximate surface area is 149 Å². The maximum atomic E-state index is 12.4. The lowest BCUT2D eigenvalue weighted by atomic mass is 10.1. The molecule has 2 aromatic rings. The number of hydrogen-bond donors (Lipinski definition) is 0. The Hall–Kier alpha value is -2.69. The smallest absolute Gasteiger partial charge is 0.263 e. The molecule has 0 bridgehead atoms. The van der Waals surface area contributed by atoms with E-state index >= 15 is 0 Å². The first-order chi connectivity index (χ1) is 12.0. The Morgan fingerprint density at radius 3 is 2.36 bits per heavy atom. The highest BCUT2D eigenvalue weighted by atomic mass is 16.5. The van der Waals surface area contributed by atoms with Crippen molar-refractivity contribution in [2.75, 3.05) is 27.8 Å². The van der Waals surface area contributed by atoms with Gasteiger partial charge in [0, 0.05) is 13.6 Å². The van der Waals surface area contributed by atoms with Crippen molar-refractivity contribution in [3.05, 3.63) is 54.1 Å². The van der Waals surface area contributed by atoms with Crippen LogP contribution >= 0.6 is 0 Å². The molecule has 0 heterocycles. The van der Waals surface area contributed by atoms with Crippen molar-refractivity contribution >= 4 is 5.91 Å². The average molecular weight is 343 g/mol. The second kappa shape index (κ2) is 8.97. The lowest BCUT2D eigenvalue weighted by molar-refractivity contribution is -0.136. The Morgan fingerprint density at radius 1 is 1.04 bits per heavy atom. The van der Waals surface area contributed by atoms with Crippen LogP contribution in [0.15, 0.2) is 48.5 Å². The minimum atomic E-state index is -0.530. The quantitative estimate of drug-likeness (QED) is 0.739. The first-order valence-electron chi connectivity index (χ1n) is 8.22. The van der Waals surface area contributed by atoms with Gasteiger partial charge in [0.2, 0.25) is 0 Å². The molecule has 0 aromatic heterocycles. The average Bonchev–Trinajstić information content (AvgIpc) is 2.65. The number of nitrogens with zero attached hydrogens (tertiary/aromatic N) is 1. The van der Waals surface area contributed by atoms with Gasteiger partial charge in [0.15, 0.2) is 17.6 Å². The normalized spacial score (nSPS) is 11.5. The molecule has 0 aliphatic rings. The Balaban J connectivity index is 1.90. The number of benzene rings is 2. The second-order valence-corrected chi connectivity index (χ2v) is 5.77. The first kappa shape index (κ1) is 18.6. The van der Waals surface area contributed by atoms with Gasteiger partial charge in [-0.05, 0) is 43.2 Å². The Morgan fingerprint density at radius 2 is 1.72 bits per heavy atom. The van der Waals surface area contributed by atoms with Gasteiger partial charge >= 0.3 is 0 Å². The number of ether oxygens (including phenoxy) is 3. The minimum Gasteiger partial charge on any atom is -0.493 e. The highest BCUT2D eigenvalue weighted by Crippen LogP contribution is 2.27. The third-order valence-electron chi connectivity index (χ3n) is 3.96. The van der Waals surface area contributed by atoms with Crippen molar-refractivity contribution in [3.63, 3.8) is 0 Å². The van der Waals surface area contributed by atoms with Crippen LogP contribution in [0.1, 0.15) is 12.5 Å².